The molecule has 1 N–H and O–H groups in total. The van der Waals surface area contributed by atoms with Crippen molar-refractivity contribution in [3.8, 4) is 16.3 Å². The number of rotatable bonds is 4. The van der Waals surface area contributed by atoms with Gasteiger partial charge in [-0.1, -0.05) is 19.9 Å². The van der Waals surface area contributed by atoms with Gasteiger partial charge in [0.05, 0.1) is 18.4 Å². The van der Waals surface area contributed by atoms with Crippen molar-refractivity contribution in [2.45, 2.75) is 19.8 Å². The van der Waals surface area contributed by atoms with Crippen LogP contribution in [0.25, 0.3) is 10.6 Å². The normalized spacial score (nSPS) is 10.8. The average Bonchev–Trinajstić information content (AvgIpc) is 2.83. The van der Waals surface area contributed by atoms with Crippen molar-refractivity contribution in [1.82, 2.24) is 4.98 Å². The van der Waals surface area contributed by atoms with Crippen molar-refractivity contribution in [3.05, 3.63) is 34.6 Å². The zero-order chi connectivity index (χ0) is 14.9. The molecule has 2 aromatic rings. The van der Waals surface area contributed by atoms with Gasteiger partial charge < -0.3 is 9.84 Å². The Morgan fingerprint density at radius 3 is 2.65 bits per heavy atom. The van der Waals surface area contributed by atoms with Gasteiger partial charge >= 0.3 is 5.97 Å². The lowest BCUT2D eigenvalue weighted by Gasteiger charge is -2.06. The predicted molar refractivity (Wildman–Crippen MR) is 75.1 cm³/mol. The van der Waals surface area contributed by atoms with E-state index in [1.807, 2.05) is 13.8 Å². The molecule has 0 atom stereocenters. The molecule has 0 radical (unpaired) electrons. The van der Waals surface area contributed by atoms with Crippen LogP contribution in [-0.2, 0) is 0 Å². The second kappa shape index (κ2) is 5.58. The Labute approximate surface area is 119 Å². The van der Waals surface area contributed by atoms with Crippen LogP contribution in [0.2, 0.25) is 0 Å². The van der Waals surface area contributed by atoms with E-state index < -0.39 is 11.8 Å². The van der Waals surface area contributed by atoms with Crippen LogP contribution in [0, 0.1) is 5.82 Å². The summed E-state index contributed by atoms with van der Waals surface area (Å²) >= 11 is 0.962. The summed E-state index contributed by atoms with van der Waals surface area (Å²) in [5, 5.41) is 9.54. The van der Waals surface area contributed by atoms with E-state index in [1.165, 1.54) is 19.2 Å². The summed E-state index contributed by atoms with van der Waals surface area (Å²) in [6, 6.07) is 4.46. The molecule has 20 heavy (non-hydrogen) atoms. The van der Waals surface area contributed by atoms with Crippen molar-refractivity contribution >= 4 is 17.3 Å². The highest BCUT2D eigenvalue weighted by molar-refractivity contribution is 7.17. The fourth-order valence-corrected chi connectivity index (χ4v) is 2.98. The molecule has 4 nitrogen and oxygen atoms in total. The first-order valence-electron chi connectivity index (χ1n) is 6.02. The molecule has 0 aliphatic carbocycles. The summed E-state index contributed by atoms with van der Waals surface area (Å²) in [7, 11) is 1.44. The summed E-state index contributed by atoms with van der Waals surface area (Å²) in [4.78, 5) is 15.7. The van der Waals surface area contributed by atoms with Gasteiger partial charge in [0.1, 0.15) is 21.5 Å². The van der Waals surface area contributed by atoms with Crippen LogP contribution in [0.5, 0.6) is 5.75 Å². The van der Waals surface area contributed by atoms with E-state index in [-0.39, 0.29) is 16.4 Å². The van der Waals surface area contributed by atoms with Gasteiger partial charge in [-0.3, -0.25) is 0 Å². The standard InChI is InChI=1S/C14H14FNO3S/c1-7(2)11-12(14(17)18)20-13(16-11)10-8(15)5-4-6-9(10)19-3/h4-7H,1-3H3,(H,17,18). The molecule has 0 amide bonds. The molecule has 106 valence electrons. The molecule has 0 fully saturated rings. The number of aromatic carboxylic acids is 1. The number of benzene rings is 1. The summed E-state index contributed by atoms with van der Waals surface area (Å²) in [6.45, 7) is 3.70. The van der Waals surface area contributed by atoms with Gasteiger partial charge in [-0.15, -0.1) is 11.3 Å². The minimum atomic E-state index is -1.05. The smallest absolute Gasteiger partial charge is 0.347 e. The highest BCUT2D eigenvalue weighted by Gasteiger charge is 2.23. The Bertz CT molecular complexity index is 652. The lowest BCUT2D eigenvalue weighted by Crippen LogP contribution is -2.00. The first-order chi connectivity index (χ1) is 9.45. The van der Waals surface area contributed by atoms with Crippen molar-refractivity contribution in [2.24, 2.45) is 0 Å². The molecule has 0 unspecified atom stereocenters. The van der Waals surface area contributed by atoms with Crippen LogP contribution in [0.15, 0.2) is 18.2 Å². The number of carboxylic acids is 1. The van der Waals surface area contributed by atoms with Crippen LogP contribution < -0.4 is 4.74 Å². The first kappa shape index (κ1) is 14.5. The minimum Gasteiger partial charge on any atom is -0.496 e. The third-order valence-corrected chi connectivity index (χ3v) is 3.88. The van der Waals surface area contributed by atoms with E-state index in [4.69, 9.17) is 4.74 Å². The second-order valence-electron chi connectivity index (χ2n) is 4.51. The molecule has 0 aliphatic rings. The van der Waals surface area contributed by atoms with Crippen LogP contribution >= 0.6 is 11.3 Å². The monoisotopic (exact) mass is 295 g/mol. The minimum absolute atomic E-state index is 0.0520. The zero-order valence-corrected chi connectivity index (χ0v) is 12.1. The van der Waals surface area contributed by atoms with Crippen LogP contribution in [0.4, 0.5) is 4.39 Å². The average molecular weight is 295 g/mol. The molecule has 2 rings (SSSR count). The lowest BCUT2D eigenvalue weighted by molar-refractivity contribution is 0.0700. The number of hydrogen-bond acceptors (Lipinski definition) is 4. The quantitative estimate of drug-likeness (QED) is 0.932. The number of carbonyl (C=O) groups is 1. The van der Waals surface area contributed by atoms with E-state index in [2.05, 4.69) is 4.98 Å². The number of aromatic nitrogens is 1. The highest BCUT2D eigenvalue weighted by Crippen LogP contribution is 2.38. The maximum absolute atomic E-state index is 14.0. The number of carboxylic acid groups (broad SMARTS) is 1. The molecule has 1 aromatic heterocycles. The Balaban J connectivity index is 2.65. The molecule has 0 aliphatic heterocycles. The Morgan fingerprint density at radius 1 is 1.45 bits per heavy atom. The summed E-state index contributed by atoms with van der Waals surface area (Å²) in [5.74, 6) is -1.24. The predicted octanol–water partition coefficient (Wildman–Crippen LogP) is 3.78. The third-order valence-electron chi connectivity index (χ3n) is 2.80. The van der Waals surface area contributed by atoms with E-state index in [0.29, 0.717) is 16.5 Å². The Hall–Kier alpha value is -1.95. The molecule has 0 saturated heterocycles. The molecule has 0 spiro atoms. The Morgan fingerprint density at radius 2 is 2.15 bits per heavy atom. The van der Waals surface area contributed by atoms with E-state index in [9.17, 15) is 14.3 Å². The number of ether oxygens (including phenoxy) is 1. The number of halogens is 1. The largest absolute Gasteiger partial charge is 0.496 e. The number of thiazole rings is 1. The maximum atomic E-state index is 14.0. The third kappa shape index (κ3) is 2.51. The van der Waals surface area contributed by atoms with Crippen LogP contribution in [0.1, 0.15) is 35.1 Å². The number of methoxy groups -OCH3 is 1. The fraction of sp³-hybridized carbons (Fsp3) is 0.286. The fourth-order valence-electron chi connectivity index (χ4n) is 1.87. The zero-order valence-electron chi connectivity index (χ0n) is 11.3. The van der Waals surface area contributed by atoms with Crippen molar-refractivity contribution in [1.29, 1.82) is 0 Å². The molecule has 0 bridgehead atoms. The van der Waals surface area contributed by atoms with Gasteiger partial charge in [0.15, 0.2) is 0 Å². The highest BCUT2D eigenvalue weighted by atomic mass is 32.1. The number of hydrogen-bond donors (Lipinski definition) is 1. The number of nitrogens with zero attached hydrogens (tertiary/aromatic N) is 1. The van der Waals surface area contributed by atoms with Gasteiger partial charge in [0.2, 0.25) is 0 Å². The van der Waals surface area contributed by atoms with E-state index >= 15 is 0 Å². The molecule has 0 saturated carbocycles. The summed E-state index contributed by atoms with van der Waals surface area (Å²) in [5.41, 5.74) is 0.664. The lowest BCUT2D eigenvalue weighted by atomic mass is 10.1. The molecule has 1 aromatic carbocycles. The van der Waals surface area contributed by atoms with Crippen molar-refractivity contribution < 1.29 is 19.0 Å². The molecule has 6 heteroatoms. The Kier molecular flexibility index (Phi) is 4.04. The summed E-state index contributed by atoms with van der Waals surface area (Å²) < 4.78 is 19.1. The molecular formula is C14H14FNO3S. The first-order valence-corrected chi connectivity index (χ1v) is 6.84. The van der Waals surface area contributed by atoms with Gasteiger partial charge in [-0.05, 0) is 18.1 Å². The summed E-state index contributed by atoms with van der Waals surface area (Å²) in [6.07, 6.45) is 0. The van der Waals surface area contributed by atoms with E-state index in [0.717, 1.165) is 11.3 Å². The van der Waals surface area contributed by atoms with Crippen molar-refractivity contribution in [3.63, 3.8) is 0 Å². The second-order valence-corrected chi connectivity index (χ2v) is 5.51. The van der Waals surface area contributed by atoms with Gasteiger partial charge in [-0.25, -0.2) is 14.2 Å². The van der Waals surface area contributed by atoms with E-state index in [1.54, 1.807) is 6.07 Å². The van der Waals surface area contributed by atoms with Gasteiger partial charge in [-0.2, -0.15) is 0 Å². The van der Waals surface area contributed by atoms with Crippen molar-refractivity contribution in [2.75, 3.05) is 7.11 Å². The maximum Gasteiger partial charge on any atom is 0.347 e. The van der Waals surface area contributed by atoms with Gasteiger partial charge in [0, 0.05) is 0 Å². The van der Waals surface area contributed by atoms with Crippen LogP contribution in [-0.4, -0.2) is 23.2 Å². The van der Waals surface area contributed by atoms with Gasteiger partial charge in [0.25, 0.3) is 0 Å². The molecular weight excluding hydrogens is 281 g/mol. The molecule has 1 heterocycles. The SMILES string of the molecule is COc1cccc(F)c1-c1nc(C(C)C)c(C(=O)O)s1. The van der Waals surface area contributed by atoms with Crippen LogP contribution in [0.3, 0.4) is 0 Å². The topological polar surface area (TPSA) is 59.4 Å².